The number of nitrogens with one attached hydrogen (secondary N) is 1. The SMILES string of the molecule is NC(=NCC1CCC1)NCC1COc2ccccc2O1. The number of hydrogen-bond acceptors (Lipinski definition) is 3. The number of benzene rings is 1. The van der Waals surface area contributed by atoms with E-state index in [1.807, 2.05) is 24.3 Å². The molecule has 1 aromatic rings. The Morgan fingerprint density at radius 1 is 1.30 bits per heavy atom. The molecule has 0 aromatic heterocycles. The van der Waals surface area contributed by atoms with E-state index in [9.17, 15) is 0 Å². The fraction of sp³-hybridized carbons (Fsp3) is 0.533. The molecule has 5 heteroatoms. The zero-order chi connectivity index (χ0) is 13.8. The molecule has 0 amide bonds. The molecule has 1 aliphatic heterocycles. The van der Waals surface area contributed by atoms with Gasteiger partial charge in [-0.3, -0.25) is 4.99 Å². The Morgan fingerprint density at radius 2 is 2.10 bits per heavy atom. The maximum absolute atomic E-state index is 5.86. The van der Waals surface area contributed by atoms with Crippen molar-refractivity contribution in [3.8, 4) is 11.5 Å². The summed E-state index contributed by atoms with van der Waals surface area (Å²) in [5.74, 6) is 2.82. The predicted molar refractivity (Wildman–Crippen MR) is 78.2 cm³/mol. The van der Waals surface area contributed by atoms with Crippen molar-refractivity contribution in [2.45, 2.75) is 25.4 Å². The quantitative estimate of drug-likeness (QED) is 0.646. The molecule has 0 spiro atoms. The van der Waals surface area contributed by atoms with Crippen LogP contribution in [0.5, 0.6) is 11.5 Å². The highest BCUT2D eigenvalue weighted by molar-refractivity contribution is 5.77. The smallest absolute Gasteiger partial charge is 0.188 e. The van der Waals surface area contributed by atoms with Crippen LogP contribution in [0.25, 0.3) is 0 Å². The van der Waals surface area contributed by atoms with Crippen LogP contribution in [0.1, 0.15) is 19.3 Å². The van der Waals surface area contributed by atoms with Gasteiger partial charge in [-0.05, 0) is 30.9 Å². The minimum Gasteiger partial charge on any atom is -0.486 e. The van der Waals surface area contributed by atoms with Gasteiger partial charge in [-0.1, -0.05) is 18.6 Å². The molecule has 0 radical (unpaired) electrons. The molecular formula is C15H21N3O2. The number of nitrogens with two attached hydrogens (primary N) is 1. The molecule has 1 saturated carbocycles. The van der Waals surface area contributed by atoms with Gasteiger partial charge in [0.15, 0.2) is 17.5 Å². The Labute approximate surface area is 119 Å². The lowest BCUT2D eigenvalue weighted by molar-refractivity contribution is 0.0937. The summed E-state index contributed by atoms with van der Waals surface area (Å²) in [6, 6.07) is 7.70. The second kappa shape index (κ2) is 6.03. The van der Waals surface area contributed by atoms with Gasteiger partial charge >= 0.3 is 0 Å². The topological polar surface area (TPSA) is 68.9 Å². The second-order valence-electron chi connectivity index (χ2n) is 5.40. The highest BCUT2D eigenvalue weighted by Gasteiger charge is 2.20. The second-order valence-corrected chi connectivity index (χ2v) is 5.40. The van der Waals surface area contributed by atoms with Crippen molar-refractivity contribution in [2.75, 3.05) is 19.7 Å². The molecule has 108 valence electrons. The molecule has 1 unspecified atom stereocenters. The number of para-hydroxylation sites is 2. The largest absolute Gasteiger partial charge is 0.486 e. The van der Waals surface area contributed by atoms with Gasteiger partial charge in [-0.15, -0.1) is 0 Å². The van der Waals surface area contributed by atoms with Crippen molar-refractivity contribution in [3.05, 3.63) is 24.3 Å². The number of ether oxygens (including phenoxy) is 2. The molecule has 1 fully saturated rings. The lowest BCUT2D eigenvalue weighted by Crippen LogP contribution is -2.43. The first kappa shape index (κ1) is 13.1. The Bertz CT molecular complexity index is 486. The summed E-state index contributed by atoms with van der Waals surface area (Å²) >= 11 is 0. The van der Waals surface area contributed by atoms with Crippen LogP contribution < -0.4 is 20.5 Å². The van der Waals surface area contributed by atoms with Crippen LogP contribution in [0, 0.1) is 5.92 Å². The van der Waals surface area contributed by atoms with Crippen LogP contribution in [-0.4, -0.2) is 31.8 Å². The monoisotopic (exact) mass is 275 g/mol. The molecule has 3 N–H and O–H groups in total. The third-order valence-electron chi connectivity index (χ3n) is 3.82. The fourth-order valence-corrected chi connectivity index (χ4v) is 2.34. The van der Waals surface area contributed by atoms with Crippen LogP contribution in [0.15, 0.2) is 29.3 Å². The lowest BCUT2D eigenvalue weighted by atomic mass is 9.86. The highest BCUT2D eigenvalue weighted by Crippen LogP contribution is 2.30. The maximum Gasteiger partial charge on any atom is 0.188 e. The van der Waals surface area contributed by atoms with E-state index in [0.29, 0.717) is 19.1 Å². The van der Waals surface area contributed by atoms with Crippen LogP contribution in [0.2, 0.25) is 0 Å². The highest BCUT2D eigenvalue weighted by atomic mass is 16.6. The van der Waals surface area contributed by atoms with Crippen LogP contribution in [0.3, 0.4) is 0 Å². The Kier molecular flexibility index (Phi) is 3.95. The van der Waals surface area contributed by atoms with Gasteiger partial charge in [-0.2, -0.15) is 0 Å². The normalized spacial score (nSPS) is 22.2. The number of guanidine groups is 1. The molecule has 0 bridgehead atoms. The minimum atomic E-state index is -0.0395. The maximum atomic E-state index is 5.86. The third kappa shape index (κ3) is 3.15. The van der Waals surface area contributed by atoms with Gasteiger partial charge in [0.25, 0.3) is 0 Å². The fourth-order valence-electron chi connectivity index (χ4n) is 2.34. The average Bonchev–Trinajstić information content (AvgIpc) is 2.43. The zero-order valence-electron chi connectivity index (χ0n) is 11.5. The van der Waals surface area contributed by atoms with E-state index in [4.69, 9.17) is 15.2 Å². The molecule has 3 rings (SSSR count). The van der Waals surface area contributed by atoms with E-state index >= 15 is 0 Å². The Morgan fingerprint density at radius 3 is 2.85 bits per heavy atom. The van der Waals surface area contributed by atoms with Gasteiger partial charge in [0.1, 0.15) is 12.7 Å². The first-order chi connectivity index (χ1) is 9.81. The van der Waals surface area contributed by atoms with Crippen LogP contribution >= 0.6 is 0 Å². The molecular weight excluding hydrogens is 254 g/mol. The minimum absolute atomic E-state index is 0.0395. The first-order valence-corrected chi connectivity index (χ1v) is 7.23. The lowest BCUT2D eigenvalue weighted by Gasteiger charge is -2.27. The summed E-state index contributed by atoms with van der Waals surface area (Å²) in [5.41, 5.74) is 5.86. The molecule has 1 aliphatic carbocycles. The van der Waals surface area contributed by atoms with Crippen molar-refractivity contribution in [1.29, 1.82) is 0 Å². The predicted octanol–water partition coefficient (Wildman–Crippen LogP) is 1.53. The number of nitrogens with zero attached hydrogens (tertiary/aromatic N) is 1. The van der Waals surface area contributed by atoms with E-state index in [1.165, 1.54) is 19.3 Å². The standard InChI is InChI=1S/C15H21N3O2/c16-15(17-8-11-4-3-5-11)18-9-12-10-19-13-6-1-2-7-14(13)20-12/h1-2,6-7,11-12H,3-5,8-10H2,(H3,16,17,18). The Hall–Kier alpha value is -1.91. The van der Waals surface area contributed by atoms with Crippen molar-refractivity contribution < 1.29 is 9.47 Å². The number of hydrogen-bond donors (Lipinski definition) is 2. The molecule has 2 aliphatic rings. The van der Waals surface area contributed by atoms with Crippen LogP contribution in [-0.2, 0) is 0 Å². The van der Waals surface area contributed by atoms with Crippen molar-refractivity contribution in [2.24, 2.45) is 16.6 Å². The summed E-state index contributed by atoms with van der Waals surface area (Å²) < 4.78 is 11.5. The summed E-state index contributed by atoms with van der Waals surface area (Å²) in [7, 11) is 0. The zero-order valence-corrected chi connectivity index (χ0v) is 11.5. The van der Waals surface area contributed by atoms with E-state index in [0.717, 1.165) is 24.0 Å². The molecule has 0 saturated heterocycles. The van der Waals surface area contributed by atoms with Crippen LogP contribution in [0.4, 0.5) is 0 Å². The number of aliphatic imine (C=N–C) groups is 1. The van der Waals surface area contributed by atoms with Crippen molar-refractivity contribution >= 4 is 5.96 Å². The molecule has 1 atom stereocenters. The molecule has 20 heavy (non-hydrogen) atoms. The van der Waals surface area contributed by atoms with E-state index < -0.39 is 0 Å². The Balaban J connectivity index is 1.45. The summed E-state index contributed by atoms with van der Waals surface area (Å²) in [5, 5.41) is 3.11. The van der Waals surface area contributed by atoms with E-state index in [2.05, 4.69) is 10.3 Å². The van der Waals surface area contributed by atoms with Gasteiger partial charge in [0, 0.05) is 6.54 Å². The van der Waals surface area contributed by atoms with Gasteiger partial charge in [0.05, 0.1) is 6.54 Å². The van der Waals surface area contributed by atoms with Gasteiger partial charge in [0.2, 0.25) is 0 Å². The van der Waals surface area contributed by atoms with Gasteiger partial charge in [-0.25, -0.2) is 0 Å². The van der Waals surface area contributed by atoms with Crippen molar-refractivity contribution in [1.82, 2.24) is 5.32 Å². The average molecular weight is 275 g/mol. The number of rotatable bonds is 4. The summed E-state index contributed by atoms with van der Waals surface area (Å²) in [6.07, 6.45) is 3.86. The number of fused-ring (bicyclic) bond motifs is 1. The molecule has 1 aromatic carbocycles. The first-order valence-electron chi connectivity index (χ1n) is 7.23. The van der Waals surface area contributed by atoms with Crippen molar-refractivity contribution in [3.63, 3.8) is 0 Å². The summed E-state index contributed by atoms with van der Waals surface area (Å²) in [4.78, 5) is 4.36. The van der Waals surface area contributed by atoms with Gasteiger partial charge < -0.3 is 20.5 Å². The molecule has 1 heterocycles. The summed E-state index contributed by atoms with van der Waals surface area (Å²) in [6.45, 7) is 1.97. The van der Waals surface area contributed by atoms with E-state index in [-0.39, 0.29) is 6.10 Å². The third-order valence-corrected chi connectivity index (χ3v) is 3.82. The molecule has 5 nitrogen and oxygen atoms in total. The van der Waals surface area contributed by atoms with E-state index in [1.54, 1.807) is 0 Å².